The van der Waals surface area contributed by atoms with Gasteiger partial charge in [0, 0.05) is 12.5 Å². The average Bonchev–Trinajstić information content (AvgIpc) is 2.81. The summed E-state index contributed by atoms with van der Waals surface area (Å²) in [7, 11) is 1.41. The number of nitrogens with one attached hydrogen (secondary N) is 1. The standard InChI is InChI=1S/C10H15ClN2O5S/c1-17-9-6(13-10-12-5(11)3-19-10)8(16)7(15)4(2-14)18-9/h3-4,6-9,14-16H,2H2,1H3,(H,12,13)/t4-,6+,7+,8-,9?/m1/s1. The van der Waals surface area contributed by atoms with Crippen molar-refractivity contribution in [3.63, 3.8) is 0 Å². The summed E-state index contributed by atoms with van der Waals surface area (Å²) in [6.45, 7) is -0.409. The molecule has 0 aliphatic carbocycles. The molecule has 108 valence electrons. The highest BCUT2D eigenvalue weighted by Crippen LogP contribution is 2.27. The van der Waals surface area contributed by atoms with Crippen molar-refractivity contribution in [1.29, 1.82) is 0 Å². The first-order chi connectivity index (χ1) is 9.06. The van der Waals surface area contributed by atoms with Crippen LogP contribution in [-0.4, -0.2) is 64.7 Å². The van der Waals surface area contributed by atoms with Gasteiger partial charge in [-0.2, -0.15) is 0 Å². The van der Waals surface area contributed by atoms with Gasteiger partial charge in [-0.05, 0) is 0 Å². The minimum Gasteiger partial charge on any atom is -0.394 e. The number of thiazole rings is 1. The second-order valence-electron chi connectivity index (χ2n) is 4.09. The third-order valence-corrected chi connectivity index (χ3v) is 3.98. The Bertz CT molecular complexity index is 418. The van der Waals surface area contributed by atoms with Crippen molar-refractivity contribution in [3.05, 3.63) is 10.5 Å². The Morgan fingerprint density at radius 3 is 2.79 bits per heavy atom. The van der Waals surface area contributed by atoms with Crippen LogP contribution in [0.2, 0.25) is 5.15 Å². The third kappa shape index (κ3) is 3.16. The number of rotatable bonds is 4. The molecule has 0 bridgehead atoms. The van der Waals surface area contributed by atoms with Gasteiger partial charge in [0.15, 0.2) is 11.4 Å². The van der Waals surface area contributed by atoms with E-state index in [-0.39, 0.29) is 0 Å². The number of hydrogen-bond acceptors (Lipinski definition) is 8. The highest BCUT2D eigenvalue weighted by atomic mass is 35.5. The monoisotopic (exact) mass is 310 g/mol. The molecule has 1 aromatic heterocycles. The van der Waals surface area contributed by atoms with Crippen LogP contribution in [0.4, 0.5) is 5.13 Å². The highest BCUT2D eigenvalue weighted by molar-refractivity contribution is 7.14. The third-order valence-electron chi connectivity index (χ3n) is 2.88. The molecule has 0 amide bonds. The fraction of sp³-hybridized carbons (Fsp3) is 0.700. The molecular weight excluding hydrogens is 296 g/mol. The minimum absolute atomic E-state index is 0.335. The van der Waals surface area contributed by atoms with Gasteiger partial charge in [-0.15, -0.1) is 11.3 Å². The lowest BCUT2D eigenvalue weighted by Crippen LogP contribution is -2.61. The molecular formula is C10H15ClN2O5S. The van der Waals surface area contributed by atoms with Crippen molar-refractivity contribution >= 4 is 28.1 Å². The van der Waals surface area contributed by atoms with Gasteiger partial charge >= 0.3 is 0 Å². The Labute approximate surface area is 118 Å². The molecule has 1 aromatic rings. The molecule has 2 heterocycles. The molecule has 1 fully saturated rings. The van der Waals surface area contributed by atoms with Crippen LogP contribution in [0.15, 0.2) is 5.38 Å². The normalized spacial score (nSPS) is 35.3. The summed E-state index contributed by atoms with van der Waals surface area (Å²) < 4.78 is 10.5. The molecule has 9 heteroatoms. The van der Waals surface area contributed by atoms with Crippen LogP contribution >= 0.6 is 22.9 Å². The fourth-order valence-electron chi connectivity index (χ4n) is 1.90. The maximum atomic E-state index is 10.1. The van der Waals surface area contributed by atoms with Crippen molar-refractivity contribution in [2.24, 2.45) is 0 Å². The number of methoxy groups -OCH3 is 1. The van der Waals surface area contributed by atoms with E-state index in [0.717, 1.165) is 0 Å². The summed E-state index contributed by atoms with van der Waals surface area (Å²) in [5.74, 6) is 0. The first-order valence-electron chi connectivity index (χ1n) is 5.59. The zero-order valence-corrected chi connectivity index (χ0v) is 11.6. The van der Waals surface area contributed by atoms with Gasteiger partial charge in [-0.25, -0.2) is 4.98 Å². The molecule has 1 aliphatic rings. The number of nitrogens with zero attached hydrogens (tertiary/aromatic N) is 1. The van der Waals surface area contributed by atoms with Gasteiger partial charge in [0.25, 0.3) is 0 Å². The number of hydrogen-bond donors (Lipinski definition) is 4. The molecule has 19 heavy (non-hydrogen) atoms. The number of halogens is 1. The molecule has 2 rings (SSSR count). The quantitative estimate of drug-likeness (QED) is 0.603. The first-order valence-corrected chi connectivity index (χ1v) is 6.85. The molecule has 1 saturated heterocycles. The van der Waals surface area contributed by atoms with Crippen LogP contribution in [0.1, 0.15) is 0 Å². The Kier molecular flexibility index (Phi) is 4.96. The van der Waals surface area contributed by atoms with Crippen LogP contribution < -0.4 is 5.32 Å². The van der Waals surface area contributed by atoms with Gasteiger partial charge in [0.1, 0.15) is 29.5 Å². The molecule has 0 radical (unpaired) electrons. The predicted molar refractivity (Wildman–Crippen MR) is 69.3 cm³/mol. The number of aliphatic hydroxyl groups excluding tert-OH is 3. The van der Waals surface area contributed by atoms with E-state index in [4.69, 9.17) is 26.2 Å². The van der Waals surface area contributed by atoms with Crippen molar-refractivity contribution in [3.8, 4) is 0 Å². The molecule has 7 nitrogen and oxygen atoms in total. The van der Waals surface area contributed by atoms with Crippen LogP contribution in [0.5, 0.6) is 0 Å². The molecule has 1 unspecified atom stereocenters. The van der Waals surface area contributed by atoms with Crippen molar-refractivity contribution in [2.45, 2.75) is 30.6 Å². The Morgan fingerprint density at radius 1 is 1.53 bits per heavy atom. The highest BCUT2D eigenvalue weighted by Gasteiger charge is 2.44. The average molecular weight is 311 g/mol. The summed E-state index contributed by atoms with van der Waals surface area (Å²) in [5.41, 5.74) is 0. The maximum absolute atomic E-state index is 10.1. The molecule has 0 aromatic carbocycles. The predicted octanol–water partition coefficient (Wildman–Crippen LogP) is -0.338. The minimum atomic E-state index is -1.22. The summed E-state index contributed by atoms with van der Waals surface area (Å²) in [6, 6.07) is -0.718. The van der Waals surface area contributed by atoms with Gasteiger partial charge in [0.05, 0.1) is 6.61 Å². The van der Waals surface area contributed by atoms with E-state index in [1.807, 2.05) is 0 Å². The molecule has 4 N–H and O–H groups in total. The molecule has 1 aliphatic heterocycles. The van der Waals surface area contributed by atoms with Gasteiger partial charge in [-0.3, -0.25) is 0 Å². The van der Waals surface area contributed by atoms with Crippen LogP contribution in [-0.2, 0) is 9.47 Å². The zero-order valence-electron chi connectivity index (χ0n) is 10.1. The fourth-order valence-corrected chi connectivity index (χ4v) is 2.79. The summed E-state index contributed by atoms with van der Waals surface area (Å²) in [6.07, 6.45) is -4.10. The lowest BCUT2D eigenvalue weighted by Gasteiger charge is -2.41. The van der Waals surface area contributed by atoms with E-state index >= 15 is 0 Å². The Morgan fingerprint density at radius 2 is 2.26 bits per heavy atom. The largest absolute Gasteiger partial charge is 0.394 e. The van der Waals surface area contributed by atoms with Crippen LogP contribution in [0.3, 0.4) is 0 Å². The van der Waals surface area contributed by atoms with E-state index in [2.05, 4.69) is 10.3 Å². The van der Waals surface area contributed by atoms with Crippen molar-refractivity contribution < 1.29 is 24.8 Å². The van der Waals surface area contributed by atoms with Crippen molar-refractivity contribution in [1.82, 2.24) is 4.98 Å². The first kappa shape index (κ1) is 14.9. The summed E-state index contributed by atoms with van der Waals surface area (Å²) >= 11 is 6.97. The molecule has 0 spiro atoms. The number of aromatic nitrogens is 1. The second kappa shape index (κ2) is 6.31. The van der Waals surface area contributed by atoms with E-state index in [1.165, 1.54) is 18.4 Å². The summed E-state index contributed by atoms with van der Waals surface area (Å²) in [5, 5.41) is 34.3. The second-order valence-corrected chi connectivity index (χ2v) is 5.33. The Hall–Kier alpha value is -0.480. The topological polar surface area (TPSA) is 104 Å². The smallest absolute Gasteiger partial charge is 0.184 e. The lowest BCUT2D eigenvalue weighted by atomic mass is 9.97. The maximum Gasteiger partial charge on any atom is 0.184 e. The van der Waals surface area contributed by atoms with E-state index in [9.17, 15) is 10.2 Å². The van der Waals surface area contributed by atoms with Gasteiger partial charge in [-0.1, -0.05) is 11.6 Å². The molecule has 0 saturated carbocycles. The SMILES string of the molecule is COC1O[C@H](CO)[C@H](O)[C@H](O)[C@@H]1Nc1nc(Cl)cs1. The molecule has 5 atom stereocenters. The Balaban J connectivity index is 2.12. The van der Waals surface area contributed by atoms with E-state index in [0.29, 0.717) is 10.3 Å². The van der Waals surface area contributed by atoms with Crippen LogP contribution in [0.25, 0.3) is 0 Å². The van der Waals surface area contributed by atoms with Gasteiger partial charge < -0.3 is 30.1 Å². The van der Waals surface area contributed by atoms with E-state index in [1.54, 1.807) is 5.38 Å². The lowest BCUT2D eigenvalue weighted by molar-refractivity contribution is -0.254. The van der Waals surface area contributed by atoms with Crippen molar-refractivity contribution in [2.75, 3.05) is 19.0 Å². The zero-order chi connectivity index (χ0) is 14.0. The van der Waals surface area contributed by atoms with Gasteiger partial charge in [0.2, 0.25) is 0 Å². The van der Waals surface area contributed by atoms with E-state index < -0.39 is 37.3 Å². The summed E-state index contributed by atoms with van der Waals surface area (Å²) in [4.78, 5) is 3.99. The number of aliphatic hydroxyl groups is 3. The number of ether oxygens (including phenoxy) is 2. The van der Waals surface area contributed by atoms with Crippen LogP contribution in [0, 0.1) is 0 Å². The number of anilines is 1.